The minimum absolute atomic E-state index is 0.0274. The van der Waals surface area contributed by atoms with Gasteiger partial charge in [0.1, 0.15) is 0 Å². The fourth-order valence-electron chi connectivity index (χ4n) is 3.59. The smallest absolute Gasteiger partial charge is 0.233 e. The molecular formula is C22H24N4O3S3. The first-order valence-corrected chi connectivity index (χ1v) is 13.8. The zero-order valence-corrected chi connectivity index (χ0v) is 20.0. The first-order chi connectivity index (χ1) is 15.4. The van der Waals surface area contributed by atoms with E-state index in [0.717, 1.165) is 16.8 Å². The lowest BCUT2D eigenvalue weighted by atomic mass is 10.1. The van der Waals surface area contributed by atoms with Crippen molar-refractivity contribution in [2.75, 3.05) is 22.6 Å². The number of rotatable bonds is 8. The van der Waals surface area contributed by atoms with E-state index >= 15 is 0 Å². The summed E-state index contributed by atoms with van der Waals surface area (Å²) in [4.78, 5) is 14.8. The number of nitrogens with zero attached hydrogens (tertiary/aromatic N) is 3. The van der Waals surface area contributed by atoms with E-state index in [0.29, 0.717) is 22.4 Å². The van der Waals surface area contributed by atoms with Gasteiger partial charge in [0.05, 0.1) is 17.3 Å². The summed E-state index contributed by atoms with van der Waals surface area (Å²) < 4.78 is 24.7. The summed E-state index contributed by atoms with van der Waals surface area (Å²) in [6, 6.07) is 17.3. The molecule has 2 heterocycles. The van der Waals surface area contributed by atoms with E-state index < -0.39 is 9.84 Å². The van der Waals surface area contributed by atoms with Gasteiger partial charge < -0.3 is 10.2 Å². The van der Waals surface area contributed by atoms with Gasteiger partial charge in [-0.15, -0.1) is 10.2 Å². The summed E-state index contributed by atoms with van der Waals surface area (Å²) >= 11 is 2.71. The van der Waals surface area contributed by atoms with Crippen LogP contribution in [0.15, 0.2) is 58.9 Å². The Morgan fingerprint density at radius 2 is 2.00 bits per heavy atom. The molecule has 7 nitrogen and oxygen atoms in total. The summed E-state index contributed by atoms with van der Waals surface area (Å²) in [6.07, 6.45) is 0.481. The Balaban J connectivity index is 1.40. The van der Waals surface area contributed by atoms with Crippen LogP contribution in [-0.2, 0) is 21.2 Å². The van der Waals surface area contributed by atoms with Crippen LogP contribution in [0.2, 0.25) is 0 Å². The van der Waals surface area contributed by atoms with Crippen molar-refractivity contribution in [1.82, 2.24) is 15.1 Å². The molecule has 0 unspecified atom stereocenters. The van der Waals surface area contributed by atoms with Crippen LogP contribution in [0.3, 0.4) is 0 Å². The molecule has 1 amide bonds. The molecule has 0 aliphatic carbocycles. The van der Waals surface area contributed by atoms with Crippen molar-refractivity contribution in [3.63, 3.8) is 0 Å². The number of nitrogens with one attached hydrogen (secondary N) is 1. The number of amides is 1. The summed E-state index contributed by atoms with van der Waals surface area (Å²) in [7, 11) is -3.09. The lowest BCUT2D eigenvalue weighted by Gasteiger charge is -2.28. The van der Waals surface area contributed by atoms with Crippen LogP contribution in [0.25, 0.3) is 0 Å². The van der Waals surface area contributed by atoms with Crippen molar-refractivity contribution >= 4 is 49.7 Å². The van der Waals surface area contributed by atoms with Gasteiger partial charge in [0, 0.05) is 18.3 Å². The lowest BCUT2D eigenvalue weighted by Crippen LogP contribution is -2.41. The fraction of sp³-hybridized carbons (Fsp3) is 0.318. The summed E-state index contributed by atoms with van der Waals surface area (Å²) in [5.74, 6) is 0.250. The van der Waals surface area contributed by atoms with Gasteiger partial charge in [0.2, 0.25) is 11.0 Å². The van der Waals surface area contributed by atoms with Crippen molar-refractivity contribution in [2.24, 2.45) is 0 Å². The molecule has 32 heavy (non-hydrogen) atoms. The van der Waals surface area contributed by atoms with E-state index in [1.807, 2.05) is 61.5 Å². The first-order valence-electron chi connectivity index (χ1n) is 10.2. The van der Waals surface area contributed by atoms with E-state index in [4.69, 9.17) is 0 Å². The van der Waals surface area contributed by atoms with Gasteiger partial charge in [-0.2, -0.15) is 0 Å². The van der Waals surface area contributed by atoms with E-state index in [9.17, 15) is 13.2 Å². The molecule has 1 aromatic heterocycles. The summed E-state index contributed by atoms with van der Waals surface area (Å²) in [6.45, 7) is 2.42. The molecule has 168 valence electrons. The third kappa shape index (κ3) is 6.08. The van der Waals surface area contributed by atoms with Crippen LogP contribution in [0.4, 0.5) is 10.8 Å². The summed E-state index contributed by atoms with van der Waals surface area (Å²) in [5.41, 5.74) is 3.06. The Morgan fingerprint density at radius 3 is 2.72 bits per heavy atom. The minimum Gasteiger partial charge on any atom is -0.334 e. The van der Waals surface area contributed by atoms with Crippen LogP contribution in [-0.4, -0.2) is 52.7 Å². The zero-order chi connectivity index (χ0) is 22.6. The number of aryl methyl sites for hydroxylation is 1. The number of anilines is 2. The molecule has 2 aromatic carbocycles. The van der Waals surface area contributed by atoms with Crippen molar-refractivity contribution in [2.45, 2.75) is 30.3 Å². The van der Waals surface area contributed by atoms with Gasteiger partial charge in [-0.25, -0.2) is 8.42 Å². The second-order valence-corrected chi connectivity index (χ2v) is 12.1. The molecule has 1 N–H and O–H groups in total. The van der Waals surface area contributed by atoms with E-state index in [2.05, 4.69) is 15.5 Å². The quantitative estimate of drug-likeness (QED) is 0.481. The highest BCUT2D eigenvalue weighted by atomic mass is 32.2. The molecule has 1 fully saturated rings. The molecule has 10 heteroatoms. The van der Waals surface area contributed by atoms with E-state index in [1.54, 1.807) is 4.90 Å². The largest absolute Gasteiger partial charge is 0.334 e. The SMILES string of the molecule is Cc1cccc(Nc2nnc(SCC(=O)N(Cc3ccccc3)[C@@H]3CCS(=O)(=O)C3)s2)c1. The van der Waals surface area contributed by atoms with Crippen molar-refractivity contribution in [3.05, 3.63) is 65.7 Å². The molecule has 4 rings (SSSR count). The average Bonchev–Trinajstić information content (AvgIpc) is 3.36. The lowest BCUT2D eigenvalue weighted by molar-refractivity contribution is -0.130. The number of thioether (sulfide) groups is 1. The molecule has 1 aliphatic rings. The van der Waals surface area contributed by atoms with Gasteiger partial charge in [-0.3, -0.25) is 4.79 Å². The molecule has 1 saturated heterocycles. The predicted molar refractivity (Wildman–Crippen MR) is 129 cm³/mol. The third-order valence-corrected chi connectivity index (χ3v) is 8.87. The van der Waals surface area contributed by atoms with Gasteiger partial charge in [0.25, 0.3) is 0 Å². The van der Waals surface area contributed by atoms with Crippen LogP contribution in [0.5, 0.6) is 0 Å². The van der Waals surface area contributed by atoms with E-state index in [1.165, 1.54) is 23.1 Å². The Morgan fingerprint density at radius 1 is 1.19 bits per heavy atom. The highest BCUT2D eigenvalue weighted by molar-refractivity contribution is 8.01. The highest BCUT2D eigenvalue weighted by Gasteiger charge is 2.34. The normalized spacial score (nSPS) is 17.2. The molecule has 0 spiro atoms. The molecule has 1 aliphatic heterocycles. The topological polar surface area (TPSA) is 92.3 Å². The van der Waals surface area contributed by atoms with Crippen molar-refractivity contribution in [1.29, 1.82) is 0 Å². The van der Waals surface area contributed by atoms with Gasteiger partial charge >= 0.3 is 0 Å². The van der Waals surface area contributed by atoms with Crippen molar-refractivity contribution in [3.8, 4) is 0 Å². The number of aromatic nitrogens is 2. The monoisotopic (exact) mass is 488 g/mol. The Labute approximate surface area is 196 Å². The Kier molecular flexibility index (Phi) is 7.12. The number of hydrogen-bond acceptors (Lipinski definition) is 8. The number of carbonyl (C=O) groups excluding carboxylic acids is 1. The molecule has 0 bridgehead atoms. The van der Waals surface area contributed by atoms with Crippen LogP contribution in [0, 0.1) is 6.92 Å². The highest BCUT2D eigenvalue weighted by Crippen LogP contribution is 2.29. The van der Waals surface area contributed by atoms with Crippen LogP contribution >= 0.6 is 23.1 Å². The molecule has 0 radical (unpaired) electrons. The first kappa shape index (κ1) is 22.8. The number of hydrogen-bond donors (Lipinski definition) is 1. The predicted octanol–water partition coefficient (Wildman–Crippen LogP) is 3.90. The second-order valence-electron chi connectivity index (χ2n) is 7.72. The fourth-order valence-corrected chi connectivity index (χ4v) is 6.98. The summed E-state index contributed by atoms with van der Waals surface area (Å²) in [5, 5.41) is 12.2. The third-order valence-electron chi connectivity index (χ3n) is 5.16. The number of sulfone groups is 1. The molecular weight excluding hydrogens is 464 g/mol. The average molecular weight is 489 g/mol. The standard InChI is InChI=1S/C22H24N4O3S3/c1-16-6-5-9-18(12-16)23-21-24-25-22(31-21)30-14-20(27)26(13-17-7-3-2-4-8-17)19-10-11-32(28,29)15-19/h2-9,12,19H,10-11,13-15H2,1H3,(H,23,24)/t19-/m1/s1. The maximum Gasteiger partial charge on any atom is 0.233 e. The van der Waals surface area contributed by atoms with Crippen molar-refractivity contribution < 1.29 is 13.2 Å². The Hall–Kier alpha value is -2.43. The second kappa shape index (κ2) is 10.0. The van der Waals surface area contributed by atoms with Gasteiger partial charge in [-0.05, 0) is 36.6 Å². The maximum absolute atomic E-state index is 13.1. The minimum atomic E-state index is -3.09. The van der Waals surface area contributed by atoms with Crippen LogP contribution < -0.4 is 5.32 Å². The zero-order valence-electron chi connectivity index (χ0n) is 17.6. The van der Waals surface area contributed by atoms with Crippen LogP contribution in [0.1, 0.15) is 17.5 Å². The molecule has 1 atom stereocenters. The van der Waals surface area contributed by atoms with Gasteiger partial charge in [0.15, 0.2) is 14.2 Å². The van der Waals surface area contributed by atoms with E-state index in [-0.39, 0.29) is 29.2 Å². The van der Waals surface area contributed by atoms with Gasteiger partial charge in [-0.1, -0.05) is 65.6 Å². The maximum atomic E-state index is 13.1. The molecule has 0 saturated carbocycles. The Bertz CT molecular complexity index is 1180. The molecule has 3 aromatic rings. The number of benzene rings is 2. The number of carbonyl (C=O) groups is 1.